The molecule has 6 nitrogen and oxygen atoms in total. The molecular weight excluding hydrogens is 316 g/mol. The van der Waals surface area contributed by atoms with Crippen LogP contribution in [0.25, 0.3) is 0 Å². The second-order valence-corrected chi connectivity index (χ2v) is 6.67. The molecule has 0 spiro atoms. The van der Waals surface area contributed by atoms with E-state index < -0.39 is 0 Å². The number of benzene rings is 1. The SMILES string of the molecule is CCCOc1ccc(C(=O)N2CCC(Cc3nncn3C)CC2)cc1. The van der Waals surface area contributed by atoms with Crippen LogP contribution in [0.3, 0.4) is 0 Å². The van der Waals surface area contributed by atoms with E-state index in [0.717, 1.165) is 55.9 Å². The summed E-state index contributed by atoms with van der Waals surface area (Å²) in [6, 6.07) is 7.48. The number of nitrogens with zero attached hydrogens (tertiary/aromatic N) is 4. The lowest BCUT2D eigenvalue weighted by atomic mass is 9.93. The molecule has 1 aliphatic rings. The molecule has 6 heteroatoms. The van der Waals surface area contributed by atoms with Crippen LogP contribution in [0, 0.1) is 5.92 Å². The molecule has 0 bridgehead atoms. The molecule has 1 aliphatic heterocycles. The molecule has 3 rings (SSSR count). The number of aromatic nitrogens is 3. The van der Waals surface area contributed by atoms with E-state index in [0.29, 0.717) is 12.5 Å². The first-order valence-corrected chi connectivity index (χ1v) is 9.02. The minimum Gasteiger partial charge on any atom is -0.494 e. The summed E-state index contributed by atoms with van der Waals surface area (Å²) in [5, 5.41) is 8.10. The van der Waals surface area contributed by atoms with Crippen molar-refractivity contribution in [2.45, 2.75) is 32.6 Å². The molecule has 0 atom stereocenters. The molecule has 1 fully saturated rings. The van der Waals surface area contributed by atoms with Gasteiger partial charge in [-0.15, -0.1) is 10.2 Å². The maximum Gasteiger partial charge on any atom is 0.253 e. The fourth-order valence-corrected chi connectivity index (χ4v) is 3.19. The Kier molecular flexibility index (Phi) is 5.68. The van der Waals surface area contributed by atoms with Crippen LogP contribution >= 0.6 is 0 Å². The van der Waals surface area contributed by atoms with Gasteiger partial charge in [0.25, 0.3) is 5.91 Å². The second-order valence-electron chi connectivity index (χ2n) is 6.67. The Balaban J connectivity index is 1.52. The van der Waals surface area contributed by atoms with E-state index in [1.165, 1.54) is 0 Å². The summed E-state index contributed by atoms with van der Waals surface area (Å²) < 4.78 is 7.54. The van der Waals surface area contributed by atoms with Crippen LogP contribution in [0.4, 0.5) is 0 Å². The zero-order valence-electron chi connectivity index (χ0n) is 15.0. The molecule has 0 saturated carbocycles. The third-order valence-electron chi connectivity index (χ3n) is 4.75. The van der Waals surface area contributed by atoms with Crippen molar-refractivity contribution < 1.29 is 9.53 Å². The Hall–Kier alpha value is -2.37. The topological polar surface area (TPSA) is 60.2 Å². The number of hydrogen-bond donors (Lipinski definition) is 0. The van der Waals surface area contributed by atoms with Crippen molar-refractivity contribution in [2.24, 2.45) is 13.0 Å². The van der Waals surface area contributed by atoms with Crippen molar-refractivity contribution in [3.63, 3.8) is 0 Å². The summed E-state index contributed by atoms with van der Waals surface area (Å²) in [5.74, 6) is 2.52. The van der Waals surface area contributed by atoms with E-state index in [2.05, 4.69) is 17.1 Å². The third-order valence-corrected chi connectivity index (χ3v) is 4.75. The lowest BCUT2D eigenvalue weighted by Gasteiger charge is -2.32. The first-order chi connectivity index (χ1) is 12.2. The number of carbonyl (C=O) groups excluding carboxylic acids is 1. The average molecular weight is 342 g/mol. The van der Waals surface area contributed by atoms with E-state index in [1.54, 1.807) is 6.33 Å². The lowest BCUT2D eigenvalue weighted by molar-refractivity contribution is 0.0689. The van der Waals surface area contributed by atoms with Crippen LogP contribution in [0.5, 0.6) is 5.75 Å². The largest absolute Gasteiger partial charge is 0.494 e. The van der Waals surface area contributed by atoms with Crippen LogP contribution < -0.4 is 4.74 Å². The van der Waals surface area contributed by atoms with Crippen LogP contribution in [0.1, 0.15) is 42.4 Å². The number of amides is 1. The Morgan fingerprint density at radius 1 is 1.24 bits per heavy atom. The summed E-state index contributed by atoms with van der Waals surface area (Å²) >= 11 is 0. The van der Waals surface area contributed by atoms with Crippen molar-refractivity contribution in [3.8, 4) is 5.75 Å². The van der Waals surface area contributed by atoms with Gasteiger partial charge in [0.1, 0.15) is 17.9 Å². The molecule has 1 amide bonds. The molecule has 0 N–H and O–H groups in total. The summed E-state index contributed by atoms with van der Waals surface area (Å²) in [7, 11) is 1.97. The molecule has 2 heterocycles. The van der Waals surface area contributed by atoms with Crippen molar-refractivity contribution in [2.75, 3.05) is 19.7 Å². The Bertz CT molecular complexity index is 688. The number of likely N-dealkylation sites (tertiary alicyclic amines) is 1. The minimum atomic E-state index is 0.110. The molecular formula is C19H26N4O2. The number of carbonyl (C=O) groups is 1. The van der Waals surface area contributed by atoms with Crippen LogP contribution in [-0.4, -0.2) is 45.3 Å². The number of rotatable bonds is 6. The second kappa shape index (κ2) is 8.14. The third kappa shape index (κ3) is 4.38. The number of ether oxygens (including phenoxy) is 1. The Morgan fingerprint density at radius 2 is 1.96 bits per heavy atom. The monoisotopic (exact) mass is 342 g/mol. The maximum absolute atomic E-state index is 12.7. The number of aryl methyl sites for hydroxylation is 1. The standard InChI is InChI=1S/C19H26N4O2/c1-3-12-25-17-6-4-16(5-7-17)19(24)23-10-8-15(9-11-23)13-18-21-20-14-22(18)2/h4-7,14-15H,3,8-13H2,1-2H3. The van der Waals surface area contributed by atoms with Gasteiger partial charge in [0, 0.05) is 32.1 Å². The van der Waals surface area contributed by atoms with E-state index >= 15 is 0 Å². The van der Waals surface area contributed by atoms with Crippen LogP contribution in [-0.2, 0) is 13.5 Å². The van der Waals surface area contributed by atoms with E-state index in [1.807, 2.05) is 40.8 Å². The molecule has 0 unspecified atom stereocenters. The number of hydrogen-bond acceptors (Lipinski definition) is 4. The van der Waals surface area contributed by atoms with E-state index in [4.69, 9.17) is 4.74 Å². The van der Waals surface area contributed by atoms with Gasteiger partial charge in [-0.2, -0.15) is 0 Å². The highest BCUT2D eigenvalue weighted by Gasteiger charge is 2.24. The quantitative estimate of drug-likeness (QED) is 0.810. The highest BCUT2D eigenvalue weighted by Crippen LogP contribution is 2.22. The molecule has 1 aromatic heterocycles. The fourth-order valence-electron chi connectivity index (χ4n) is 3.19. The van der Waals surface area contributed by atoms with Gasteiger partial charge in [-0.1, -0.05) is 6.92 Å². The molecule has 0 aliphatic carbocycles. The molecule has 1 aromatic carbocycles. The van der Waals surface area contributed by atoms with Crippen molar-refractivity contribution in [1.82, 2.24) is 19.7 Å². The summed E-state index contributed by atoms with van der Waals surface area (Å²) in [6.45, 7) is 4.38. The van der Waals surface area contributed by atoms with Gasteiger partial charge < -0.3 is 14.2 Å². The maximum atomic E-state index is 12.7. The normalized spacial score (nSPS) is 15.4. The first-order valence-electron chi connectivity index (χ1n) is 9.02. The average Bonchev–Trinajstić information content (AvgIpc) is 3.05. The Morgan fingerprint density at radius 3 is 2.56 bits per heavy atom. The minimum absolute atomic E-state index is 0.110. The summed E-state index contributed by atoms with van der Waals surface area (Å²) in [5.41, 5.74) is 0.732. The molecule has 2 aromatic rings. The number of piperidine rings is 1. The Labute approximate surface area is 148 Å². The molecule has 134 valence electrons. The highest BCUT2D eigenvalue weighted by molar-refractivity contribution is 5.94. The fraction of sp³-hybridized carbons (Fsp3) is 0.526. The zero-order valence-corrected chi connectivity index (χ0v) is 15.0. The van der Waals surface area contributed by atoms with Gasteiger partial charge in [0.05, 0.1) is 6.61 Å². The van der Waals surface area contributed by atoms with Gasteiger partial charge >= 0.3 is 0 Å². The molecule has 1 saturated heterocycles. The summed E-state index contributed by atoms with van der Waals surface area (Å²) in [6.07, 6.45) is 5.67. The predicted molar refractivity (Wildman–Crippen MR) is 95.6 cm³/mol. The van der Waals surface area contributed by atoms with Crippen molar-refractivity contribution >= 4 is 5.91 Å². The highest BCUT2D eigenvalue weighted by atomic mass is 16.5. The van der Waals surface area contributed by atoms with Gasteiger partial charge in [0.15, 0.2) is 0 Å². The van der Waals surface area contributed by atoms with Gasteiger partial charge in [-0.3, -0.25) is 4.79 Å². The van der Waals surface area contributed by atoms with Gasteiger partial charge in [-0.05, 0) is 49.4 Å². The van der Waals surface area contributed by atoms with Crippen LogP contribution in [0.2, 0.25) is 0 Å². The van der Waals surface area contributed by atoms with E-state index in [9.17, 15) is 4.79 Å². The van der Waals surface area contributed by atoms with Crippen LogP contribution in [0.15, 0.2) is 30.6 Å². The van der Waals surface area contributed by atoms with Crippen molar-refractivity contribution in [3.05, 3.63) is 42.0 Å². The van der Waals surface area contributed by atoms with Crippen molar-refractivity contribution in [1.29, 1.82) is 0 Å². The van der Waals surface area contributed by atoms with E-state index in [-0.39, 0.29) is 5.91 Å². The summed E-state index contributed by atoms with van der Waals surface area (Å²) in [4.78, 5) is 14.6. The molecule has 0 radical (unpaired) electrons. The molecule has 25 heavy (non-hydrogen) atoms. The lowest BCUT2D eigenvalue weighted by Crippen LogP contribution is -2.39. The van der Waals surface area contributed by atoms with Gasteiger partial charge in [-0.25, -0.2) is 0 Å². The predicted octanol–water partition coefficient (Wildman–Crippen LogP) is 2.70. The van der Waals surface area contributed by atoms with Gasteiger partial charge in [0.2, 0.25) is 0 Å². The first kappa shape index (κ1) is 17.5. The smallest absolute Gasteiger partial charge is 0.253 e. The zero-order chi connectivity index (χ0) is 17.6.